The SMILES string of the molecule is C=C\C=C/C(=C\C=C)/C=C(\C(O)C1(Cl)CC1)n1cncn1. The maximum Gasteiger partial charge on any atom is 0.138 e. The van der Waals surface area contributed by atoms with Crippen LogP contribution in [-0.4, -0.2) is 30.8 Å². The molecule has 1 fully saturated rings. The molecule has 110 valence electrons. The van der Waals surface area contributed by atoms with Crippen molar-refractivity contribution in [2.45, 2.75) is 23.8 Å². The van der Waals surface area contributed by atoms with Gasteiger partial charge in [0.1, 0.15) is 18.8 Å². The average molecular weight is 304 g/mol. The molecule has 1 atom stereocenters. The number of rotatable bonds is 7. The molecule has 0 aromatic carbocycles. The number of hydrogen-bond acceptors (Lipinski definition) is 3. The minimum Gasteiger partial charge on any atom is -0.385 e. The number of allylic oxidation sites excluding steroid dienone is 7. The summed E-state index contributed by atoms with van der Waals surface area (Å²) in [5, 5.41) is 14.6. The van der Waals surface area contributed by atoms with Crippen LogP contribution in [0.15, 0.2) is 67.8 Å². The molecule has 0 amide bonds. The van der Waals surface area contributed by atoms with E-state index >= 15 is 0 Å². The summed E-state index contributed by atoms with van der Waals surface area (Å²) in [4.78, 5) is 3.33. The summed E-state index contributed by atoms with van der Waals surface area (Å²) in [5.74, 6) is 0. The van der Waals surface area contributed by atoms with Gasteiger partial charge in [0, 0.05) is 0 Å². The van der Waals surface area contributed by atoms with Gasteiger partial charge in [-0.2, -0.15) is 5.10 Å². The Morgan fingerprint density at radius 1 is 1.38 bits per heavy atom. The first kappa shape index (κ1) is 15.5. The standard InChI is InChI=1S/C16H18ClN3O/c1-3-5-7-13(6-4-2)10-14(20-12-18-11-19-20)15(21)16(17)8-9-16/h3-7,10-12,15,21H,1-2,8-9H2/b7-5-,13-6+,14-10+. The van der Waals surface area contributed by atoms with E-state index in [-0.39, 0.29) is 0 Å². The van der Waals surface area contributed by atoms with Gasteiger partial charge in [-0.15, -0.1) is 11.6 Å². The average Bonchev–Trinajstić information content (AvgIpc) is 3.02. The lowest BCUT2D eigenvalue weighted by molar-refractivity contribution is 0.212. The summed E-state index contributed by atoms with van der Waals surface area (Å²) < 4.78 is 1.53. The predicted molar refractivity (Wildman–Crippen MR) is 85.7 cm³/mol. The molecule has 4 nitrogen and oxygen atoms in total. The van der Waals surface area contributed by atoms with Gasteiger partial charge < -0.3 is 5.11 Å². The van der Waals surface area contributed by atoms with Crippen molar-refractivity contribution in [3.63, 3.8) is 0 Å². The van der Waals surface area contributed by atoms with Crippen LogP contribution >= 0.6 is 11.6 Å². The minimum atomic E-state index is -0.814. The number of aliphatic hydroxyl groups excluding tert-OH is 1. The number of aliphatic hydroxyl groups is 1. The lowest BCUT2D eigenvalue weighted by Crippen LogP contribution is -2.27. The first-order chi connectivity index (χ1) is 10.1. The van der Waals surface area contributed by atoms with Crippen molar-refractivity contribution < 1.29 is 5.11 Å². The zero-order chi connectivity index (χ0) is 15.3. The van der Waals surface area contributed by atoms with Crippen molar-refractivity contribution in [3.8, 4) is 0 Å². The zero-order valence-electron chi connectivity index (χ0n) is 11.7. The van der Waals surface area contributed by atoms with E-state index < -0.39 is 11.0 Å². The summed E-state index contributed by atoms with van der Waals surface area (Å²) in [6, 6.07) is 0. The first-order valence-electron chi connectivity index (χ1n) is 6.66. The molecule has 0 bridgehead atoms. The fourth-order valence-corrected chi connectivity index (χ4v) is 2.11. The molecule has 0 aliphatic heterocycles. The molecule has 5 heteroatoms. The number of aromatic nitrogens is 3. The zero-order valence-corrected chi connectivity index (χ0v) is 12.4. The molecule has 21 heavy (non-hydrogen) atoms. The number of alkyl halides is 1. The minimum absolute atomic E-state index is 0.585. The highest BCUT2D eigenvalue weighted by atomic mass is 35.5. The monoisotopic (exact) mass is 303 g/mol. The smallest absolute Gasteiger partial charge is 0.138 e. The van der Waals surface area contributed by atoms with Gasteiger partial charge in [0.15, 0.2) is 0 Å². The van der Waals surface area contributed by atoms with Gasteiger partial charge in [-0.05, 0) is 24.5 Å². The molecule has 1 aliphatic carbocycles. The number of nitrogens with zero attached hydrogens (tertiary/aromatic N) is 3. The van der Waals surface area contributed by atoms with E-state index in [4.69, 9.17) is 11.6 Å². The van der Waals surface area contributed by atoms with Crippen molar-refractivity contribution >= 4 is 17.3 Å². The molecular formula is C16H18ClN3O. The fraction of sp³-hybridized carbons (Fsp3) is 0.250. The quantitative estimate of drug-likeness (QED) is 0.622. The number of halogens is 1. The van der Waals surface area contributed by atoms with Gasteiger partial charge >= 0.3 is 0 Å². The van der Waals surface area contributed by atoms with E-state index in [1.54, 1.807) is 18.5 Å². The molecule has 1 aromatic rings. The van der Waals surface area contributed by atoms with Crippen LogP contribution in [0, 0.1) is 0 Å². The van der Waals surface area contributed by atoms with Gasteiger partial charge in [-0.1, -0.05) is 43.5 Å². The molecule has 1 saturated carbocycles. The van der Waals surface area contributed by atoms with Gasteiger partial charge in [-0.3, -0.25) is 0 Å². The highest BCUT2D eigenvalue weighted by molar-refractivity contribution is 6.27. The number of hydrogen-bond donors (Lipinski definition) is 1. The lowest BCUT2D eigenvalue weighted by atomic mass is 10.1. The third-order valence-electron chi connectivity index (χ3n) is 3.23. The van der Waals surface area contributed by atoms with Crippen LogP contribution in [0.3, 0.4) is 0 Å². The largest absolute Gasteiger partial charge is 0.385 e. The van der Waals surface area contributed by atoms with Crippen molar-refractivity contribution in [1.29, 1.82) is 0 Å². The van der Waals surface area contributed by atoms with Crippen molar-refractivity contribution in [2.24, 2.45) is 0 Å². The van der Waals surface area contributed by atoms with Gasteiger partial charge in [0.05, 0.1) is 10.6 Å². The molecule has 1 aromatic heterocycles. The lowest BCUT2D eigenvalue weighted by Gasteiger charge is -2.19. The molecule has 1 heterocycles. The normalized spacial score (nSPS) is 19.5. The molecular weight excluding hydrogens is 286 g/mol. The Morgan fingerprint density at radius 2 is 2.14 bits per heavy atom. The molecule has 0 spiro atoms. The van der Waals surface area contributed by atoms with Crippen LogP contribution in [0.25, 0.3) is 5.70 Å². The third kappa shape index (κ3) is 3.80. The van der Waals surface area contributed by atoms with E-state index in [1.165, 1.54) is 11.0 Å². The van der Waals surface area contributed by atoms with Gasteiger partial charge in [0.25, 0.3) is 0 Å². The van der Waals surface area contributed by atoms with Crippen molar-refractivity contribution in [2.75, 3.05) is 0 Å². The maximum absolute atomic E-state index is 10.5. The van der Waals surface area contributed by atoms with Crippen LogP contribution in [0.5, 0.6) is 0 Å². The van der Waals surface area contributed by atoms with E-state index in [0.717, 1.165) is 18.4 Å². The van der Waals surface area contributed by atoms with Crippen LogP contribution in [-0.2, 0) is 0 Å². The molecule has 1 N–H and O–H groups in total. The Labute approximate surface area is 129 Å². The second-order valence-electron chi connectivity index (χ2n) is 4.84. The molecule has 1 unspecified atom stereocenters. The summed E-state index contributed by atoms with van der Waals surface area (Å²) in [7, 11) is 0. The van der Waals surface area contributed by atoms with Crippen LogP contribution in [0.1, 0.15) is 12.8 Å². The highest BCUT2D eigenvalue weighted by Gasteiger charge is 2.49. The fourth-order valence-electron chi connectivity index (χ4n) is 1.91. The van der Waals surface area contributed by atoms with Crippen LogP contribution in [0.2, 0.25) is 0 Å². The van der Waals surface area contributed by atoms with E-state index in [9.17, 15) is 5.11 Å². The summed E-state index contributed by atoms with van der Waals surface area (Å²) in [6.07, 6.45) is 14.4. The second kappa shape index (κ2) is 6.70. The van der Waals surface area contributed by atoms with E-state index in [2.05, 4.69) is 23.2 Å². The second-order valence-corrected chi connectivity index (χ2v) is 5.60. The summed E-state index contributed by atoms with van der Waals surface area (Å²) >= 11 is 6.35. The van der Waals surface area contributed by atoms with Crippen LogP contribution < -0.4 is 0 Å². The molecule has 1 aliphatic rings. The molecule has 0 saturated heterocycles. The maximum atomic E-state index is 10.5. The van der Waals surface area contributed by atoms with Gasteiger partial charge in [-0.25, -0.2) is 9.67 Å². The van der Waals surface area contributed by atoms with Crippen molar-refractivity contribution in [1.82, 2.24) is 14.8 Å². The van der Waals surface area contributed by atoms with Crippen molar-refractivity contribution in [3.05, 3.63) is 67.8 Å². The Balaban J connectivity index is 2.40. The first-order valence-corrected chi connectivity index (χ1v) is 7.04. The Bertz CT molecular complexity index is 595. The topological polar surface area (TPSA) is 50.9 Å². The summed E-state index contributed by atoms with van der Waals surface area (Å²) in [6.45, 7) is 7.34. The Hall–Kier alpha value is -1.91. The van der Waals surface area contributed by atoms with E-state index in [1.807, 2.05) is 24.3 Å². The van der Waals surface area contributed by atoms with Crippen LogP contribution in [0.4, 0.5) is 0 Å². The Morgan fingerprint density at radius 3 is 2.67 bits per heavy atom. The molecule has 2 rings (SSSR count). The Kier molecular flexibility index (Phi) is 4.94. The predicted octanol–water partition coefficient (Wildman–Crippen LogP) is 3.11. The van der Waals surface area contributed by atoms with Gasteiger partial charge in [0.2, 0.25) is 0 Å². The molecule has 0 radical (unpaired) electrons. The third-order valence-corrected chi connectivity index (χ3v) is 3.82. The summed E-state index contributed by atoms with van der Waals surface area (Å²) in [5.41, 5.74) is 1.44. The van der Waals surface area contributed by atoms with E-state index in [0.29, 0.717) is 5.70 Å². The highest BCUT2D eigenvalue weighted by Crippen LogP contribution is 2.48.